The highest BCUT2D eigenvalue weighted by atomic mass is 32.2. The number of aromatic nitrogens is 1. The van der Waals surface area contributed by atoms with Gasteiger partial charge in [-0.25, -0.2) is 8.42 Å². The van der Waals surface area contributed by atoms with Crippen molar-refractivity contribution >= 4 is 27.9 Å². The van der Waals surface area contributed by atoms with Crippen LogP contribution in [0.15, 0.2) is 77.8 Å². The van der Waals surface area contributed by atoms with Crippen LogP contribution in [0.3, 0.4) is 0 Å². The summed E-state index contributed by atoms with van der Waals surface area (Å²) in [6, 6.07) is 17.2. The van der Waals surface area contributed by atoms with Crippen LogP contribution in [-0.2, 0) is 20.2 Å². The van der Waals surface area contributed by atoms with E-state index in [9.17, 15) is 18.4 Å². The fourth-order valence-corrected chi connectivity index (χ4v) is 4.87. The van der Waals surface area contributed by atoms with Gasteiger partial charge in [0.2, 0.25) is 10.0 Å². The number of nitrogens with one attached hydrogen (secondary N) is 1. The molecule has 0 fully saturated rings. The Labute approximate surface area is 204 Å². The summed E-state index contributed by atoms with van der Waals surface area (Å²) in [7, 11) is -4.13. The normalized spacial score (nSPS) is 12.7. The number of benzene rings is 2. The standard InChI is InChI=1S/C24H27N3O5S2/c1-17-8-10-18(11-9-17)32-19-12-14-20(15-13-19)34(30,31)26-22(23(28)27(29)33-4)24(2,3)21-7-5-6-16-25-21/h5-16,22,26,29H,1-4H3/t22-/m1/s1. The van der Waals surface area contributed by atoms with Gasteiger partial charge < -0.3 is 4.74 Å². The number of carbonyl (C=O) groups is 1. The number of ether oxygens (including phenoxy) is 1. The van der Waals surface area contributed by atoms with Crippen molar-refractivity contribution in [1.82, 2.24) is 14.2 Å². The molecule has 34 heavy (non-hydrogen) atoms. The number of amides is 1. The van der Waals surface area contributed by atoms with Gasteiger partial charge in [0.05, 0.1) is 4.90 Å². The number of nitrogens with zero attached hydrogens (tertiary/aromatic N) is 2. The topological polar surface area (TPSA) is 109 Å². The maximum Gasteiger partial charge on any atom is 0.275 e. The summed E-state index contributed by atoms with van der Waals surface area (Å²) in [6.07, 6.45) is 3.06. The zero-order valence-electron chi connectivity index (χ0n) is 19.3. The highest BCUT2D eigenvalue weighted by molar-refractivity contribution is 7.96. The molecule has 8 nitrogen and oxygen atoms in total. The Morgan fingerprint density at radius 2 is 1.65 bits per heavy atom. The average molecular weight is 502 g/mol. The molecule has 1 atom stereocenters. The lowest BCUT2D eigenvalue weighted by Gasteiger charge is -2.34. The lowest BCUT2D eigenvalue weighted by atomic mass is 9.81. The predicted molar refractivity (Wildman–Crippen MR) is 131 cm³/mol. The zero-order chi connectivity index (χ0) is 24.9. The third kappa shape index (κ3) is 5.95. The summed E-state index contributed by atoms with van der Waals surface area (Å²) in [5, 5.41) is 10.0. The van der Waals surface area contributed by atoms with Gasteiger partial charge in [-0.1, -0.05) is 37.6 Å². The Morgan fingerprint density at radius 1 is 1.06 bits per heavy atom. The first kappa shape index (κ1) is 25.7. The molecule has 1 aromatic heterocycles. The van der Waals surface area contributed by atoms with Gasteiger partial charge in [-0.3, -0.25) is 15.0 Å². The molecule has 0 aliphatic rings. The van der Waals surface area contributed by atoms with Crippen LogP contribution in [0.2, 0.25) is 0 Å². The van der Waals surface area contributed by atoms with Crippen molar-refractivity contribution < 1.29 is 23.2 Å². The molecule has 0 unspecified atom stereocenters. The fraction of sp³-hybridized carbons (Fsp3) is 0.250. The largest absolute Gasteiger partial charge is 0.457 e. The summed E-state index contributed by atoms with van der Waals surface area (Å²) in [5.74, 6) is 0.279. The molecule has 0 radical (unpaired) electrons. The van der Waals surface area contributed by atoms with Crippen LogP contribution in [0.25, 0.3) is 0 Å². The lowest BCUT2D eigenvalue weighted by molar-refractivity contribution is -0.148. The number of hydrogen-bond acceptors (Lipinski definition) is 7. The SMILES string of the molecule is CSN(O)C(=O)[C@@H](NS(=O)(=O)c1ccc(Oc2ccc(C)cc2)cc1)C(C)(C)c1ccccn1. The second-order valence-corrected chi connectivity index (χ2v) is 10.6. The first-order valence-electron chi connectivity index (χ1n) is 10.4. The molecular weight excluding hydrogens is 474 g/mol. The number of sulfonamides is 1. The number of hydroxylamine groups is 1. The summed E-state index contributed by atoms with van der Waals surface area (Å²) < 4.78 is 35.1. The summed E-state index contributed by atoms with van der Waals surface area (Å²) in [5.41, 5.74) is 0.518. The van der Waals surface area contributed by atoms with Gasteiger partial charge in [0.1, 0.15) is 17.5 Å². The molecule has 0 aliphatic heterocycles. The van der Waals surface area contributed by atoms with Crippen LogP contribution in [0.4, 0.5) is 0 Å². The number of pyridine rings is 1. The number of rotatable bonds is 9. The van der Waals surface area contributed by atoms with Crippen LogP contribution in [0, 0.1) is 6.92 Å². The van der Waals surface area contributed by atoms with Crippen molar-refractivity contribution in [3.05, 3.63) is 84.2 Å². The van der Waals surface area contributed by atoms with Crippen LogP contribution in [0.1, 0.15) is 25.1 Å². The maximum atomic E-state index is 13.2. The van der Waals surface area contributed by atoms with Gasteiger partial charge in [0.15, 0.2) is 0 Å². The molecule has 10 heteroatoms. The Bertz CT molecular complexity index is 1220. The van der Waals surface area contributed by atoms with Gasteiger partial charge in [-0.15, -0.1) is 0 Å². The van der Waals surface area contributed by atoms with E-state index >= 15 is 0 Å². The van der Waals surface area contributed by atoms with Crippen molar-refractivity contribution in [2.24, 2.45) is 0 Å². The molecule has 180 valence electrons. The van der Waals surface area contributed by atoms with E-state index in [0.29, 0.717) is 21.7 Å². The van der Waals surface area contributed by atoms with E-state index in [-0.39, 0.29) is 4.90 Å². The van der Waals surface area contributed by atoms with Crippen molar-refractivity contribution in [2.75, 3.05) is 6.26 Å². The number of aryl methyl sites for hydroxylation is 1. The molecule has 2 aromatic carbocycles. The molecule has 0 saturated carbocycles. The minimum absolute atomic E-state index is 0.0491. The van der Waals surface area contributed by atoms with E-state index in [1.165, 1.54) is 30.5 Å². The maximum absolute atomic E-state index is 13.2. The predicted octanol–water partition coefficient (Wildman–Crippen LogP) is 4.30. The van der Waals surface area contributed by atoms with Gasteiger partial charge in [0, 0.05) is 23.6 Å². The van der Waals surface area contributed by atoms with Gasteiger partial charge in [0.25, 0.3) is 5.91 Å². The minimum atomic E-state index is -4.13. The summed E-state index contributed by atoms with van der Waals surface area (Å²) in [6.45, 7) is 5.35. The average Bonchev–Trinajstić information content (AvgIpc) is 2.84. The van der Waals surface area contributed by atoms with E-state index in [1.807, 2.05) is 31.2 Å². The van der Waals surface area contributed by atoms with Crippen LogP contribution in [0.5, 0.6) is 11.5 Å². The number of carbonyl (C=O) groups excluding carboxylic acids is 1. The highest BCUT2D eigenvalue weighted by Gasteiger charge is 2.42. The molecule has 1 amide bonds. The Hall–Kier alpha value is -2.92. The van der Waals surface area contributed by atoms with Crippen molar-refractivity contribution in [1.29, 1.82) is 0 Å². The van der Waals surface area contributed by atoms with E-state index in [4.69, 9.17) is 4.74 Å². The molecule has 0 saturated heterocycles. The first-order valence-corrected chi connectivity index (χ1v) is 13.1. The summed E-state index contributed by atoms with van der Waals surface area (Å²) >= 11 is 0.766. The Balaban J connectivity index is 1.87. The lowest BCUT2D eigenvalue weighted by Crippen LogP contribution is -2.55. The fourth-order valence-electron chi connectivity index (χ4n) is 3.25. The van der Waals surface area contributed by atoms with E-state index < -0.39 is 27.4 Å². The van der Waals surface area contributed by atoms with Crippen LogP contribution >= 0.6 is 11.9 Å². The second-order valence-electron chi connectivity index (χ2n) is 8.17. The molecule has 3 aromatic rings. The smallest absolute Gasteiger partial charge is 0.275 e. The molecule has 0 spiro atoms. The van der Waals surface area contributed by atoms with Crippen molar-refractivity contribution in [3.8, 4) is 11.5 Å². The molecule has 1 heterocycles. The molecule has 2 N–H and O–H groups in total. The van der Waals surface area contributed by atoms with Gasteiger partial charge >= 0.3 is 0 Å². The van der Waals surface area contributed by atoms with Crippen molar-refractivity contribution in [3.63, 3.8) is 0 Å². The molecule has 0 aliphatic carbocycles. The van der Waals surface area contributed by atoms with Crippen LogP contribution < -0.4 is 9.46 Å². The van der Waals surface area contributed by atoms with Gasteiger partial charge in [-0.05, 0) is 67.4 Å². The molecular formula is C24H27N3O5S2. The van der Waals surface area contributed by atoms with Crippen molar-refractivity contribution in [2.45, 2.75) is 37.1 Å². The molecule has 3 rings (SSSR count). The van der Waals surface area contributed by atoms with E-state index in [1.54, 1.807) is 38.2 Å². The van der Waals surface area contributed by atoms with Crippen LogP contribution in [-0.4, -0.2) is 41.3 Å². The second kappa shape index (κ2) is 10.6. The van der Waals surface area contributed by atoms with E-state index in [2.05, 4.69) is 9.71 Å². The zero-order valence-corrected chi connectivity index (χ0v) is 20.9. The quantitative estimate of drug-likeness (QED) is 0.256. The van der Waals surface area contributed by atoms with E-state index in [0.717, 1.165) is 17.5 Å². The monoisotopic (exact) mass is 501 g/mol. The molecule has 0 bridgehead atoms. The first-order chi connectivity index (χ1) is 16.0. The van der Waals surface area contributed by atoms with Gasteiger partial charge in [-0.2, -0.15) is 9.19 Å². The Kier molecular flexibility index (Phi) is 7.98. The Morgan fingerprint density at radius 3 is 2.18 bits per heavy atom. The minimum Gasteiger partial charge on any atom is -0.457 e. The third-order valence-corrected chi connectivity index (χ3v) is 7.28. The number of hydrogen-bond donors (Lipinski definition) is 2. The third-order valence-electron chi connectivity index (χ3n) is 5.32. The summed E-state index contributed by atoms with van der Waals surface area (Å²) in [4.78, 5) is 17.2. The highest BCUT2D eigenvalue weighted by Crippen LogP contribution is 2.29.